The summed E-state index contributed by atoms with van der Waals surface area (Å²) in [6.07, 6.45) is 5.92. The number of rotatable bonds is 5. The van der Waals surface area contributed by atoms with Gasteiger partial charge in [0.1, 0.15) is 0 Å². The minimum Gasteiger partial charge on any atom is -0.342 e. The lowest BCUT2D eigenvalue weighted by Crippen LogP contribution is -2.32. The molecule has 0 aromatic carbocycles. The summed E-state index contributed by atoms with van der Waals surface area (Å²) >= 11 is 0. The summed E-state index contributed by atoms with van der Waals surface area (Å²) in [5, 5.41) is 15.9. The zero-order valence-corrected chi connectivity index (χ0v) is 15.5. The van der Waals surface area contributed by atoms with Crippen molar-refractivity contribution in [3.63, 3.8) is 0 Å². The topological polar surface area (TPSA) is 89.5 Å². The summed E-state index contributed by atoms with van der Waals surface area (Å²) in [5.41, 5.74) is 2.71. The van der Waals surface area contributed by atoms with E-state index in [0.717, 1.165) is 23.6 Å². The second-order valence-corrected chi connectivity index (χ2v) is 7.00. The summed E-state index contributed by atoms with van der Waals surface area (Å²) in [4.78, 5) is 17.3. The van der Waals surface area contributed by atoms with Gasteiger partial charge in [0.05, 0.1) is 23.5 Å². The number of aromatic nitrogens is 6. The minimum absolute atomic E-state index is 0.198. The van der Waals surface area contributed by atoms with Gasteiger partial charge in [-0.2, -0.15) is 5.10 Å². The van der Waals surface area contributed by atoms with E-state index in [-0.39, 0.29) is 11.9 Å². The van der Waals surface area contributed by atoms with Crippen LogP contribution >= 0.6 is 0 Å². The molecule has 4 rings (SSSR count). The molecule has 0 unspecified atom stereocenters. The molecule has 0 fully saturated rings. The molecular weight excluding hydrogens is 342 g/mol. The van der Waals surface area contributed by atoms with E-state index in [1.165, 1.54) is 0 Å². The first-order valence-corrected chi connectivity index (χ1v) is 8.94. The van der Waals surface area contributed by atoms with Crippen LogP contribution in [0, 0.1) is 12.8 Å². The summed E-state index contributed by atoms with van der Waals surface area (Å²) in [6, 6.07) is 7.28. The highest BCUT2D eigenvalue weighted by Crippen LogP contribution is 2.21. The Balaban J connectivity index is 1.69. The first-order chi connectivity index (χ1) is 13.0. The van der Waals surface area contributed by atoms with Crippen molar-refractivity contribution < 1.29 is 4.79 Å². The van der Waals surface area contributed by atoms with Gasteiger partial charge in [0.2, 0.25) is 0 Å². The highest BCUT2D eigenvalue weighted by molar-refractivity contribution is 5.95. The van der Waals surface area contributed by atoms with E-state index in [9.17, 15) is 4.79 Å². The van der Waals surface area contributed by atoms with Gasteiger partial charge in [0, 0.05) is 18.5 Å². The number of hydrogen-bond acceptors (Lipinski definition) is 5. The lowest BCUT2D eigenvalue weighted by molar-refractivity contribution is 0.0928. The van der Waals surface area contributed by atoms with E-state index in [0.29, 0.717) is 17.1 Å². The van der Waals surface area contributed by atoms with Crippen LogP contribution in [0.15, 0.2) is 42.9 Å². The molecule has 138 valence electrons. The normalized spacial score (nSPS) is 12.7. The number of nitrogens with one attached hydrogen (secondary N) is 1. The third kappa shape index (κ3) is 3.14. The molecule has 4 aromatic rings. The molecular formula is C19H21N7O. The summed E-state index contributed by atoms with van der Waals surface area (Å²) in [7, 11) is 0. The van der Waals surface area contributed by atoms with Crippen LogP contribution < -0.4 is 5.32 Å². The van der Waals surface area contributed by atoms with E-state index >= 15 is 0 Å². The number of nitrogens with zero attached hydrogens (tertiary/aromatic N) is 6. The zero-order chi connectivity index (χ0) is 19.0. The van der Waals surface area contributed by atoms with Gasteiger partial charge in [-0.1, -0.05) is 19.9 Å². The standard InChI is InChI=1S/C19H21N7O/c1-12(2)10-15(18-24-23-17-6-4-5-9-25(17)18)22-19(27)14-11-20-16-7-8-21-26(16)13(14)3/h4-9,11-12,15H,10H2,1-3H3,(H,22,27)/t15-/m0/s1. The second-order valence-electron chi connectivity index (χ2n) is 7.00. The van der Waals surface area contributed by atoms with Crippen LogP contribution in [-0.2, 0) is 0 Å². The third-order valence-electron chi connectivity index (χ3n) is 4.56. The molecule has 8 heteroatoms. The molecule has 1 atom stereocenters. The summed E-state index contributed by atoms with van der Waals surface area (Å²) in [6.45, 7) is 6.09. The van der Waals surface area contributed by atoms with Crippen LogP contribution in [-0.4, -0.2) is 35.1 Å². The molecule has 27 heavy (non-hydrogen) atoms. The Morgan fingerprint density at radius 2 is 2.04 bits per heavy atom. The molecule has 1 amide bonds. The minimum atomic E-state index is -0.261. The fourth-order valence-electron chi connectivity index (χ4n) is 3.25. The van der Waals surface area contributed by atoms with Crippen LogP contribution in [0.5, 0.6) is 0 Å². The smallest absolute Gasteiger partial charge is 0.255 e. The maximum atomic E-state index is 13.0. The van der Waals surface area contributed by atoms with Gasteiger partial charge < -0.3 is 5.32 Å². The predicted molar refractivity (Wildman–Crippen MR) is 100 cm³/mol. The zero-order valence-electron chi connectivity index (χ0n) is 15.5. The largest absolute Gasteiger partial charge is 0.342 e. The molecule has 0 bridgehead atoms. The van der Waals surface area contributed by atoms with Crippen LogP contribution in [0.2, 0.25) is 0 Å². The average Bonchev–Trinajstić information content (AvgIpc) is 3.28. The Morgan fingerprint density at radius 1 is 1.19 bits per heavy atom. The first kappa shape index (κ1) is 17.1. The lowest BCUT2D eigenvalue weighted by Gasteiger charge is -2.20. The van der Waals surface area contributed by atoms with Crippen molar-refractivity contribution in [2.75, 3.05) is 0 Å². The molecule has 0 saturated heterocycles. The summed E-state index contributed by atoms with van der Waals surface area (Å²) in [5.74, 6) is 0.897. The van der Waals surface area contributed by atoms with Crippen LogP contribution in [0.3, 0.4) is 0 Å². The Hall–Kier alpha value is -3.29. The van der Waals surface area contributed by atoms with Gasteiger partial charge in [0.25, 0.3) is 5.91 Å². The van der Waals surface area contributed by atoms with E-state index in [4.69, 9.17) is 0 Å². The molecule has 0 aliphatic carbocycles. The Kier molecular flexibility index (Phi) is 4.31. The Bertz CT molecular complexity index is 1110. The van der Waals surface area contributed by atoms with E-state index < -0.39 is 0 Å². The quantitative estimate of drug-likeness (QED) is 0.589. The predicted octanol–water partition coefficient (Wildman–Crippen LogP) is 2.60. The second kappa shape index (κ2) is 6.79. The number of hydrogen-bond donors (Lipinski definition) is 1. The molecule has 8 nitrogen and oxygen atoms in total. The fourth-order valence-corrected chi connectivity index (χ4v) is 3.25. The fraction of sp³-hybridized carbons (Fsp3) is 0.316. The van der Waals surface area contributed by atoms with Crippen LogP contribution in [0.25, 0.3) is 11.3 Å². The number of amides is 1. The number of carbonyl (C=O) groups is 1. The molecule has 0 aliphatic rings. The van der Waals surface area contributed by atoms with E-state index in [2.05, 4.69) is 39.4 Å². The van der Waals surface area contributed by atoms with Crippen molar-refractivity contribution in [3.05, 3.63) is 59.9 Å². The van der Waals surface area contributed by atoms with Gasteiger partial charge in [0.15, 0.2) is 17.1 Å². The van der Waals surface area contributed by atoms with Gasteiger partial charge in [-0.25, -0.2) is 9.50 Å². The van der Waals surface area contributed by atoms with Gasteiger partial charge in [-0.15, -0.1) is 10.2 Å². The van der Waals surface area contributed by atoms with Crippen LogP contribution in [0.4, 0.5) is 0 Å². The van der Waals surface area contributed by atoms with Crippen molar-refractivity contribution in [3.8, 4) is 0 Å². The van der Waals surface area contributed by atoms with E-state index in [1.807, 2.05) is 35.7 Å². The maximum Gasteiger partial charge on any atom is 0.255 e. The monoisotopic (exact) mass is 363 g/mol. The molecule has 1 N–H and O–H groups in total. The van der Waals surface area contributed by atoms with Crippen molar-refractivity contribution in [2.45, 2.75) is 33.2 Å². The SMILES string of the molecule is Cc1c(C(=O)N[C@@H](CC(C)C)c2nnc3ccccn23)cnc2ccnn12. The Morgan fingerprint density at radius 3 is 2.85 bits per heavy atom. The van der Waals surface area contributed by atoms with E-state index in [1.54, 1.807) is 23.0 Å². The number of carbonyl (C=O) groups excluding carboxylic acids is 1. The van der Waals surface area contributed by atoms with Crippen molar-refractivity contribution in [2.24, 2.45) is 5.92 Å². The van der Waals surface area contributed by atoms with Crippen LogP contribution in [0.1, 0.15) is 48.2 Å². The van der Waals surface area contributed by atoms with Gasteiger partial charge >= 0.3 is 0 Å². The summed E-state index contributed by atoms with van der Waals surface area (Å²) < 4.78 is 3.58. The first-order valence-electron chi connectivity index (χ1n) is 8.94. The van der Waals surface area contributed by atoms with Gasteiger partial charge in [-0.05, 0) is 31.4 Å². The van der Waals surface area contributed by atoms with Crippen molar-refractivity contribution in [1.82, 2.24) is 34.5 Å². The maximum absolute atomic E-state index is 13.0. The molecule has 0 spiro atoms. The van der Waals surface area contributed by atoms with Gasteiger partial charge in [-0.3, -0.25) is 9.20 Å². The number of aryl methyl sites for hydroxylation is 1. The molecule has 0 radical (unpaired) electrons. The third-order valence-corrected chi connectivity index (χ3v) is 4.56. The van der Waals surface area contributed by atoms with Crippen molar-refractivity contribution in [1.29, 1.82) is 0 Å². The molecule has 4 heterocycles. The molecule has 0 aliphatic heterocycles. The number of pyridine rings is 1. The lowest BCUT2D eigenvalue weighted by atomic mass is 10.0. The Labute approximate surface area is 156 Å². The highest BCUT2D eigenvalue weighted by atomic mass is 16.1. The number of fused-ring (bicyclic) bond motifs is 2. The molecule has 0 saturated carbocycles. The molecule has 4 aromatic heterocycles. The average molecular weight is 363 g/mol. The highest BCUT2D eigenvalue weighted by Gasteiger charge is 2.23. The van der Waals surface area contributed by atoms with Crippen molar-refractivity contribution >= 4 is 17.2 Å².